The number of hydrogen-bond donors (Lipinski definition) is 0. The Morgan fingerprint density at radius 2 is 1.37 bits per heavy atom. The van der Waals surface area contributed by atoms with Crippen LogP contribution >= 0.6 is 0 Å². The van der Waals surface area contributed by atoms with E-state index in [1.54, 1.807) is 0 Å². The lowest BCUT2D eigenvalue weighted by atomic mass is 9.97. The fourth-order valence-electron chi connectivity index (χ4n) is 5.14. The molecule has 5 rings (SSSR count). The summed E-state index contributed by atoms with van der Waals surface area (Å²) in [7, 11) is 4.58. The Morgan fingerprint density at radius 3 is 1.95 bits per heavy atom. The summed E-state index contributed by atoms with van der Waals surface area (Å²) < 4.78 is 0. The Balaban J connectivity index is 0.000000103. The maximum Gasteiger partial charge on any atom is 0.0130 e. The lowest BCUT2D eigenvalue weighted by molar-refractivity contribution is 0.209. The smallest absolute Gasteiger partial charge is 0.0130 e. The maximum absolute atomic E-state index is 2.63. The van der Waals surface area contributed by atoms with Gasteiger partial charge in [0.2, 0.25) is 0 Å². The summed E-state index contributed by atoms with van der Waals surface area (Å²) in [5.41, 5.74) is 0. The third-order valence-electron chi connectivity index (χ3n) is 7.05. The van der Waals surface area contributed by atoms with Crippen molar-refractivity contribution in [3.8, 4) is 0 Å². The summed E-state index contributed by atoms with van der Waals surface area (Å²) in [5.74, 6) is 5.34. The Kier molecular flexibility index (Phi) is 2.80. The van der Waals surface area contributed by atoms with Crippen LogP contribution in [0.4, 0.5) is 0 Å². The van der Waals surface area contributed by atoms with Crippen LogP contribution in [0.15, 0.2) is 0 Å². The molecule has 108 valence electrons. The number of nitrogens with zero attached hydrogens (tertiary/aromatic N) is 2. The zero-order valence-electron chi connectivity index (χ0n) is 13.0. The average molecular weight is 262 g/mol. The van der Waals surface area contributed by atoms with E-state index < -0.39 is 0 Å². The predicted octanol–water partition coefficient (Wildman–Crippen LogP) is 2.69. The van der Waals surface area contributed by atoms with Crippen LogP contribution in [0.3, 0.4) is 0 Å². The highest BCUT2D eigenvalue weighted by atomic mass is 15.2. The number of fused-ring (bicyclic) bond motifs is 3. The van der Waals surface area contributed by atoms with Gasteiger partial charge in [-0.05, 0) is 75.9 Å². The molecule has 7 atom stereocenters. The zero-order valence-corrected chi connectivity index (χ0v) is 13.0. The molecule has 5 fully saturated rings. The Bertz CT molecular complexity index is 318. The van der Waals surface area contributed by atoms with E-state index in [1.807, 2.05) is 0 Å². The SMILES string of the molecule is CC1C2CC2N(C)C2CC12.CC1CCN(C)C2CC12. The summed E-state index contributed by atoms with van der Waals surface area (Å²) >= 11 is 0. The van der Waals surface area contributed by atoms with Crippen molar-refractivity contribution in [2.24, 2.45) is 29.6 Å². The van der Waals surface area contributed by atoms with E-state index in [0.29, 0.717) is 0 Å². The Morgan fingerprint density at radius 1 is 0.789 bits per heavy atom. The highest BCUT2D eigenvalue weighted by molar-refractivity contribution is 5.13. The van der Waals surface area contributed by atoms with E-state index in [4.69, 9.17) is 0 Å². The first-order valence-electron chi connectivity index (χ1n) is 8.50. The van der Waals surface area contributed by atoms with Gasteiger partial charge in [0, 0.05) is 18.1 Å². The standard InChI is InChI=1S/C9H15N.C8H15N/c1-5-6-3-8(6)10(2)9-4-7(5)9;1-6-3-4-9(2)8-5-7(6)8/h5-9H,3-4H2,1-2H3;6-8H,3-5H2,1-2H3. The van der Waals surface area contributed by atoms with Crippen LogP contribution in [0.1, 0.15) is 39.5 Å². The fraction of sp³-hybridized carbons (Fsp3) is 1.00. The van der Waals surface area contributed by atoms with Crippen LogP contribution in [0, 0.1) is 29.6 Å². The highest BCUT2D eigenvalue weighted by Gasteiger charge is 2.60. The van der Waals surface area contributed by atoms with E-state index in [0.717, 1.165) is 47.7 Å². The van der Waals surface area contributed by atoms with Gasteiger partial charge in [-0.15, -0.1) is 0 Å². The van der Waals surface area contributed by atoms with Crippen molar-refractivity contribution in [1.82, 2.24) is 9.80 Å². The lowest BCUT2D eigenvalue weighted by Crippen LogP contribution is -2.32. The molecule has 2 heteroatoms. The van der Waals surface area contributed by atoms with Gasteiger partial charge >= 0.3 is 0 Å². The van der Waals surface area contributed by atoms with Crippen LogP contribution < -0.4 is 0 Å². The van der Waals surface area contributed by atoms with Gasteiger partial charge in [0.25, 0.3) is 0 Å². The van der Waals surface area contributed by atoms with E-state index in [-0.39, 0.29) is 0 Å². The molecule has 0 aromatic heterocycles. The molecule has 2 aliphatic heterocycles. The molecule has 0 amide bonds. The second-order valence-corrected chi connectivity index (χ2v) is 8.17. The molecule has 3 aliphatic carbocycles. The van der Waals surface area contributed by atoms with Crippen LogP contribution in [-0.2, 0) is 0 Å². The van der Waals surface area contributed by atoms with Crippen molar-refractivity contribution in [3.63, 3.8) is 0 Å². The molecule has 0 aromatic carbocycles. The normalized spacial score (nSPS) is 58.1. The molecule has 2 nitrogen and oxygen atoms in total. The van der Waals surface area contributed by atoms with Gasteiger partial charge < -0.3 is 4.90 Å². The lowest BCUT2D eigenvalue weighted by Gasteiger charge is -2.25. The second kappa shape index (κ2) is 4.21. The van der Waals surface area contributed by atoms with Crippen molar-refractivity contribution in [1.29, 1.82) is 0 Å². The van der Waals surface area contributed by atoms with Crippen molar-refractivity contribution in [3.05, 3.63) is 0 Å². The fourth-order valence-corrected chi connectivity index (χ4v) is 5.14. The molecule has 19 heavy (non-hydrogen) atoms. The Labute approximate surface area is 118 Å². The summed E-state index contributed by atoms with van der Waals surface area (Å²) in [6, 6.07) is 2.98. The molecule has 2 saturated heterocycles. The monoisotopic (exact) mass is 262 g/mol. The second-order valence-electron chi connectivity index (χ2n) is 8.17. The summed E-state index contributed by atoms with van der Waals surface area (Å²) in [4.78, 5) is 5.15. The van der Waals surface area contributed by atoms with Gasteiger partial charge in [-0.25, -0.2) is 0 Å². The van der Waals surface area contributed by atoms with Crippen molar-refractivity contribution >= 4 is 0 Å². The first kappa shape index (κ1) is 12.6. The minimum atomic E-state index is 0.980. The van der Waals surface area contributed by atoms with Crippen molar-refractivity contribution in [2.45, 2.75) is 57.7 Å². The molecular formula is C17H30N2. The van der Waals surface area contributed by atoms with Crippen LogP contribution in [0.2, 0.25) is 0 Å². The third kappa shape index (κ3) is 2.06. The molecule has 0 aromatic rings. The largest absolute Gasteiger partial charge is 0.303 e. The number of likely N-dealkylation sites (tertiary alicyclic amines) is 2. The minimum Gasteiger partial charge on any atom is -0.303 e. The van der Waals surface area contributed by atoms with Gasteiger partial charge in [0.15, 0.2) is 0 Å². The summed E-state index contributed by atoms with van der Waals surface area (Å²) in [6.07, 6.45) is 5.92. The molecule has 2 heterocycles. The van der Waals surface area contributed by atoms with Crippen LogP contribution in [0.25, 0.3) is 0 Å². The first-order valence-corrected chi connectivity index (χ1v) is 8.50. The molecule has 5 aliphatic rings. The molecule has 0 radical (unpaired) electrons. The average Bonchev–Trinajstić information content (AvgIpc) is 3.28. The number of hydrogen-bond acceptors (Lipinski definition) is 2. The predicted molar refractivity (Wildman–Crippen MR) is 79.0 cm³/mol. The van der Waals surface area contributed by atoms with Crippen LogP contribution in [-0.4, -0.2) is 48.6 Å². The van der Waals surface area contributed by atoms with E-state index in [1.165, 1.54) is 32.2 Å². The molecule has 0 N–H and O–H groups in total. The summed E-state index contributed by atoms with van der Waals surface area (Å²) in [5, 5.41) is 0. The van der Waals surface area contributed by atoms with Gasteiger partial charge in [-0.2, -0.15) is 0 Å². The first-order chi connectivity index (χ1) is 9.08. The number of piperidine rings is 2. The van der Waals surface area contributed by atoms with Crippen molar-refractivity contribution < 1.29 is 0 Å². The third-order valence-corrected chi connectivity index (χ3v) is 7.05. The van der Waals surface area contributed by atoms with E-state index >= 15 is 0 Å². The minimum absolute atomic E-state index is 0.980. The quantitative estimate of drug-likeness (QED) is 0.662. The van der Waals surface area contributed by atoms with E-state index in [2.05, 4.69) is 37.7 Å². The highest BCUT2D eigenvalue weighted by Crippen LogP contribution is 2.59. The van der Waals surface area contributed by atoms with Gasteiger partial charge in [-0.1, -0.05) is 13.8 Å². The summed E-state index contributed by atoms with van der Waals surface area (Å²) in [6.45, 7) is 6.20. The van der Waals surface area contributed by atoms with Gasteiger partial charge in [-0.3, -0.25) is 4.90 Å². The Hall–Kier alpha value is -0.0800. The van der Waals surface area contributed by atoms with Gasteiger partial charge in [0.1, 0.15) is 0 Å². The van der Waals surface area contributed by atoms with E-state index in [9.17, 15) is 0 Å². The topological polar surface area (TPSA) is 6.48 Å². The molecule has 3 saturated carbocycles. The van der Waals surface area contributed by atoms with Crippen molar-refractivity contribution in [2.75, 3.05) is 20.6 Å². The molecule has 0 spiro atoms. The molecule has 0 bridgehead atoms. The molecule has 7 unspecified atom stereocenters. The van der Waals surface area contributed by atoms with Crippen LogP contribution in [0.5, 0.6) is 0 Å². The maximum atomic E-state index is 2.63. The number of rotatable bonds is 0. The zero-order chi connectivity index (χ0) is 13.3. The molecular weight excluding hydrogens is 232 g/mol. The van der Waals surface area contributed by atoms with Gasteiger partial charge in [0.05, 0.1) is 0 Å².